The number of benzene rings is 1. The number of nitrogens with zero attached hydrogens (tertiary/aromatic N) is 1. The molecule has 2 atom stereocenters. The van der Waals surface area contributed by atoms with Crippen LogP contribution in [0.1, 0.15) is 26.7 Å². The molecule has 26 heavy (non-hydrogen) atoms. The second-order valence-corrected chi connectivity index (χ2v) is 8.66. The smallest absolute Gasteiger partial charge is 0.326 e. The van der Waals surface area contributed by atoms with Gasteiger partial charge in [0, 0.05) is 13.1 Å². The van der Waals surface area contributed by atoms with Gasteiger partial charge in [-0.25, -0.2) is 17.6 Å². The highest BCUT2D eigenvalue weighted by atomic mass is 32.2. The van der Waals surface area contributed by atoms with Crippen molar-refractivity contribution >= 4 is 21.9 Å². The molecule has 0 aliphatic carbocycles. The molecule has 0 radical (unpaired) electrons. The molecule has 1 fully saturated rings. The fourth-order valence-corrected chi connectivity index (χ4v) is 4.44. The number of hydrogen-bond donors (Lipinski definition) is 2. The van der Waals surface area contributed by atoms with Crippen molar-refractivity contribution in [2.24, 2.45) is 11.8 Å². The minimum atomic E-state index is -3.84. The van der Waals surface area contributed by atoms with Crippen molar-refractivity contribution in [2.75, 3.05) is 13.1 Å². The minimum absolute atomic E-state index is 0.0318. The van der Waals surface area contributed by atoms with Crippen LogP contribution in [-0.4, -0.2) is 48.8 Å². The Morgan fingerprint density at radius 3 is 2.42 bits per heavy atom. The summed E-state index contributed by atoms with van der Waals surface area (Å²) >= 11 is 0. The Bertz CT molecular complexity index is 764. The Morgan fingerprint density at radius 1 is 1.27 bits per heavy atom. The number of sulfonamides is 1. The van der Waals surface area contributed by atoms with Crippen LogP contribution in [0.5, 0.6) is 0 Å². The maximum Gasteiger partial charge on any atom is 0.326 e. The molecule has 1 saturated heterocycles. The van der Waals surface area contributed by atoms with Crippen LogP contribution in [-0.2, 0) is 19.6 Å². The van der Waals surface area contributed by atoms with Crippen LogP contribution in [0.3, 0.4) is 0 Å². The first-order valence-electron chi connectivity index (χ1n) is 8.42. The predicted molar refractivity (Wildman–Crippen MR) is 92.3 cm³/mol. The first kappa shape index (κ1) is 20.3. The fourth-order valence-electron chi connectivity index (χ4n) is 2.92. The van der Waals surface area contributed by atoms with E-state index < -0.39 is 39.7 Å². The summed E-state index contributed by atoms with van der Waals surface area (Å²) in [6.07, 6.45) is 0.962. The van der Waals surface area contributed by atoms with Crippen LogP contribution >= 0.6 is 0 Å². The van der Waals surface area contributed by atoms with Gasteiger partial charge in [-0.1, -0.05) is 13.8 Å². The Hall–Kier alpha value is -2.00. The van der Waals surface area contributed by atoms with Gasteiger partial charge in [0.15, 0.2) is 0 Å². The topological polar surface area (TPSA) is 104 Å². The van der Waals surface area contributed by atoms with E-state index in [-0.39, 0.29) is 23.9 Å². The normalized spacial score (nSPS) is 19.9. The summed E-state index contributed by atoms with van der Waals surface area (Å²) in [4.78, 5) is 23.6. The van der Waals surface area contributed by atoms with Gasteiger partial charge in [0.05, 0.1) is 10.8 Å². The number of carbonyl (C=O) groups excluding carboxylic acids is 1. The highest BCUT2D eigenvalue weighted by Gasteiger charge is 2.35. The molecule has 1 amide bonds. The van der Waals surface area contributed by atoms with Crippen molar-refractivity contribution in [2.45, 2.75) is 37.6 Å². The number of amides is 1. The Kier molecular flexibility index (Phi) is 6.35. The number of piperidine rings is 1. The van der Waals surface area contributed by atoms with Crippen LogP contribution in [0.25, 0.3) is 0 Å². The maximum atomic E-state index is 13.0. The number of carboxylic acids is 1. The molecule has 1 aliphatic heterocycles. The zero-order valence-electron chi connectivity index (χ0n) is 14.7. The van der Waals surface area contributed by atoms with Crippen LogP contribution in [0.4, 0.5) is 4.39 Å². The average molecular weight is 386 g/mol. The van der Waals surface area contributed by atoms with Crippen molar-refractivity contribution in [3.63, 3.8) is 0 Å². The molecule has 0 aromatic heterocycles. The average Bonchev–Trinajstić information content (AvgIpc) is 2.59. The number of carbonyl (C=O) groups is 2. The van der Waals surface area contributed by atoms with E-state index in [0.717, 1.165) is 12.1 Å². The van der Waals surface area contributed by atoms with Gasteiger partial charge in [-0.05, 0) is 43.0 Å². The lowest BCUT2D eigenvalue weighted by Crippen LogP contribution is -2.50. The van der Waals surface area contributed by atoms with Crippen molar-refractivity contribution in [3.8, 4) is 0 Å². The van der Waals surface area contributed by atoms with E-state index in [0.29, 0.717) is 12.8 Å². The lowest BCUT2D eigenvalue weighted by molar-refractivity contribution is -0.144. The summed E-state index contributed by atoms with van der Waals surface area (Å²) < 4.78 is 39.6. The quantitative estimate of drug-likeness (QED) is 0.770. The van der Waals surface area contributed by atoms with Crippen LogP contribution in [0, 0.1) is 17.7 Å². The van der Waals surface area contributed by atoms with E-state index in [1.807, 2.05) is 0 Å². The molecule has 1 aromatic carbocycles. The Balaban J connectivity index is 2.12. The molecule has 2 unspecified atom stereocenters. The van der Waals surface area contributed by atoms with Gasteiger partial charge in [0.1, 0.15) is 11.9 Å². The fraction of sp³-hybridized carbons (Fsp3) is 0.529. The molecular weight excluding hydrogens is 363 g/mol. The van der Waals surface area contributed by atoms with Gasteiger partial charge in [0.2, 0.25) is 15.9 Å². The molecule has 1 aromatic rings. The van der Waals surface area contributed by atoms with E-state index in [2.05, 4.69) is 5.32 Å². The third kappa shape index (κ3) is 4.59. The molecule has 9 heteroatoms. The molecule has 0 bridgehead atoms. The first-order chi connectivity index (χ1) is 12.1. The third-order valence-corrected chi connectivity index (χ3v) is 6.32. The zero-order chi connectivity index (χ0) is 19.5. The van der Waals surface area contributed by atoms with E-state index >= 15 is 0 Å². The van der Waals surface area contributed by atoms with Gasteiger partial charge >= 0.3 is 5.97 Å². The molecule has 0 spiro atoms. The van der Waals surface area contributed by atoms with Gasteiger partial charge in [-0.2, -0.15) is 4.31 Å². The molecule has 7 nitrogen and oxygen atoms in total. The van der Waals surface area contributed by atoms with Crippen LogP contribution in [0.15, 0.2) is 29.2 Å². The summed E-state index contributed by atoms with van der Waals surface area (Å²) in [6.45, 7) is 3.60. The molecule has 2 rings (SSSR count). The summed E-state index contributed by atoms with van der Waals surface area (Å²) in [5.41, 5.74) is 0. The third-order valence-electron chi connectivity index (χ3n) is 4.44. The molecule has 1 heterocycles. The maximum absolute atomic E-state index is 13.0. The molecule has 1 aliphatic rings. The summed E-state index contributed by atoms with van der Waals surface area (Å²) in [7, 11) is -3.84. The van der Waals surface area contributed by atoms with Crippen molar-refractivity contribution in [3.05, 3.63) is 30.1 Å². The molecule has 0 saturated carbocycles. The SMILES string of the molecule is CC(C)C(NC(=O)C1CCCN(S(=O)(=O)c2ccc(F)cc2)C1)C(=O)O. The second-order valence-electron chi connectivity index (χ2n) is 6.72. The van der Waals surface area contributed by atoms with Gasteiger partial charge in [0.25, 0.3) is 0 Å². The van der Waals surface area contributed by atoms with E-state index in [4.69, 9.17) is 0 Å². The summed E-state index contributed by atoms with van der Waals surface area (Å²) in [6, 6.07) is 3.50. The number of hydrogen-bond acceptors (Lipinski definition) is 4. The number of halogens is 1. The number of nitrogens with one attached hydrogen (secondary N) is 1. The first-order valence-corrected chi connectivity index (χ1v) is 9.86. The monoisotopic (exact) mass is 386 g/mol. The van der Waals surface area contributed by atoms with Crippen LogP contribution in [0.2, 0.25) is 0 Å². The Morgan fingerprint density at radius 2 is 1.88 bits per heavy atom. The lowest BCUT2D eigenvalue weighted by Gasteiger charge is -2.32. The highest BCUT2D eigenvalue weighted by molar-refractivity contribution is 7.89. The van der Waals surface area contributed by atoms with E-state index in [1.54, 1.807) is 13.8 Å². The number of rotatable bonds is 6. The lowest BCUT2D eigenvalue weighted by atomic mass is 9.97. The largest absolute Gasteiger partial charge is 0.480 e. The summed E-state index contributed by atoms with van der Waals surface area (Å²) in [5, 5.41) is 11.7. The number of aliphatic carboxylic acids is 1. The predicted octanol–water partition coefficient (Wildman–Crippen LogP) is 1.45. The Labute approximate surface area is 152 Å². The van der Waals surface area contributed by atoms with E-state index in [1.165, 1.54) is 16.4 Å². The molecular formula is C17H23FN2O5S. The van der Waals surface area contributed by atoms with Crippen molar-refractivity contribution in [1.29, 1.82) is 0 Å². The standard InChI is InChI=1S/C17H23FN2O5S/c1-11(2)15(17(22)23)19-16(21)12-4-3-9-20(10-12)26(24,25)14-7-5-13(18)6-8-14/h5-8,11-12,15H,3-4,9-10H2,1-2H3,(H,19,21)(H,22,23). The zero-order valence-corrected chi connectivity index (χ0v) is 15.5. The van der Waals surface area contributed by atoms with Gasteiger partial charge < -0.3 is 10.4 Å². The molecule has 144 valence electrons. The van der Waals surface area contributed by atoms with Gasteiger partial charge in [-0.15, -0.1) is 0 Å². The van der Waals surface area contributed by atoms with Crippen molar-refractivity contribution in [1.82, 2.24) is 9.62 Å². The highest BCUT2D eigenvalue weighted by Crippen LogP contribution is 2.24. The minimum Gasteiger partial charge on any atom is -0.480 e. The number of carboxylic acid groups (broad SMARTS) is 1. The van der Waals surface area contributed by atoms with Crippen molar-refractivity contribution < 1.29 is 27.5 Å². The van der Waals surface area contributed by atoms with Crippen LogP contribution < -0.4 is 5.32 Å². The summed E-state index contributed by atoms with van der Waals surface area (Å²) in [5.74, 6) is -3.04. The van der Waals surface area contributed by atoms with Gasteiger partial charge in [-0.3, -0.25) is 4.79 Å². The second kappa shape index (κ2) is 8.13. The van der Waals surface area contributed by atoms with E-state index in [9.17, 15) is 27.5 Å². The molecule has 2 N–H and O–H groups in total.